The number of methoxy groups -OCH3 is 1. The molecule has 1 heterocycles. The number of aromatic nitrogens is 1. The summed E-state index contributed by atoms with van der Waals surface area (Å²) >= 11 is 0. The molecule has 28 heavy (non-hydrogen) atoms. The minimum absolute atomic E-state index is 0.386. The molecule has 0 spiro atoms. The van der Waals surface area contributed by atoms with Crippen LogP contribution in [0.3, 0.4) is 0 Å². The number of nitrogens with one attached hydrogen (secondary N) is 1. The molecule has 0 saturated heterocycles. The fourth-order valence-corrected chi connectivity index (χ4v) is 3.80. The van der Waals surface area contributed by atoms with Crippen LogP contribution in [-0.4, -0.2) is 42.7 Å². The van der Waals surface area contributed by atoms with Gasteiger partial charge in [-0.2, -0.15) is 0 Å². The number of pyridine rings is 1. The Hall–Kier alpha value is -2.33. The minimum atomic E-state index is 0.386. The predicted molar refractivity (Wildman–Crippen MR) is 121 cm³/mol. The van der Waals surface area contributed by atoms with Crippen molar-refractivity contribution in [3.05, 3.63) is 42.0 Å². The van der Waals surface area contributed by atoms with Crippen molar-refractivity contribution in [2.75, 3.05) is 32.1 Å². The Balaban J connectivity index is 1.92. The minimum Gasteiger partial charge on any atom is -0.497 e. The number of ether oxygens (including phenoxy) is 1. The van der Waals surface area contributed by atoms with Gasteiger partial charge in [0, 0.05) is 16.8 Å². The fraction of sp³-hybridized carbons (Fsp3) is 0.458. The number of fused-ring (bicyclic) bond motifs is 2. The van der Waals surface area contributed by atoms with Gasteiger partial charge < -0.3 is 15.0 Å². The third-order valence-electron chi connectivity index (χ3n) is 5.53. The van der Waals surface area contributed by atoms with Crippen molar-refractivity contribution < 1.29 is 4.74 Å². The summed E-state index contributed by atoms with van der Waals surface area (Å²) in [6.45, 7) is 12.3. The molecule has 0 aliphatic carbocycles. The highest BCUT2D eigenvalue weighted by atomic mass is 16.5. The van der Waals surface area contributed by atoms with E-state index in [1.807, 2.05) is 12.1 Å². The van der Waals surface area contributed by atoms with Gasteiger partial charge in [-0.15, -0.1) is 0 Å². The van der Waals surface area contributed by atoms with Gasteiger partial charge in [-0.05, 0) is 76.2 Å². The van der Waals surface area contributed by atoms with Crippen LogP contribution in [0.2, 0.25) is 0 Å². The van der Waals surface area contributed by atoms with Crippen LogP contribution in [0.25, 0.3) is 21.8 Å². The second-order valence-electron chi connectivity index (χ2n) is 7.60. The first-order valence-electron chi connectivity index (χ1n) is 10.4. The number of anilines is 1. The first-order chi connectivity index (χ1) is 13.5. The van der Waals surface area contributed by atoms with E-state index in [4.69, 9.17) is 9.72 Å². The fourth-order valence-electron chi connectivity index (χ4n) is 3.80. The van der Waals surface area contributed by atoms with Crippen LogP contribution < -0.4 is 10.1 Å². The average Bonchev–Trinajstić information content (AvgIpc) is 2.70. The molecule has 1 aromatic heterocycles. The van der Waals surface area contributed by atoms with E-state index in [1.54, 1.807) is 7.11 Å². The molecule has 0 fully saturated rings. The quantitative estimate of drug-likeness (QED) is 0.489. The first kappa shape index (κ1) is 20.4. The zero-order valence-corrected chi connectivity index (χ0v) is 17.9. The molecule has 0 bridgehead atoms. The zero-order valence-electron chi connectivity index (χ0n) is 17.9. The van der Waals surface area contributed by atoms with E-state index in [2.05, 4.69) is 62.2 Å². The van der Waals surface area contributed by atoms with Gasteiger partial charge in [0.1, 0.15) is 5.75 Å². The smallest absolute Gasteiger partial charge is 0.119 e. The lowest BCUT2D eigenvalue weighted by Crippen LogP contribution is -2.25. The molecule has 3 aromatic rings. The molecule has 0 saturated carbocycles. The van der Waals surface area contributed by atoms with Crippen molar-refractivity contribution in [3.63, 3.8) is 0 Å². The zero-order chi connectivity index (χ0) is 20.1. The Morgan fingerprint density at radius 2 is 1.82 bits per heavy atom. The van der Waals surface area contributed by atoms with Crippen LogP contribution in [0.1, 0.15) is 39.2 Å². The van der Waals surface area contributed by atoms with Crippen LogP contribution in [0.15, 0.2) is 36.4 Å². The number of nitrogens with zero attached hydrogens (tertiary/aromatic N) is 2. The average molecular weight is 380 g/mol. The third-order valence-corrected chi connectivity index (χ3v) is 5.53. The number of benzene rings is 2. The first-order valence-corrected chi connectivity index (χ1v) is 10.4. The topological polar surface area (TPSA) is 37.4 Å². The molecule has 150 valence electrons. The summed E-state index contributed by atoms with van der Waals surface area (Å²) in [4.78, 5) is 7.37. The van der Waals surface area contributed by atoms with E-state index in [-0.39, 0.29) is 0 Å². The molecule has 0 aliphatic rings. The van der Waals surface area contributed by atoms with Gasteiger partial charge in [0.25, 0.3) is 0 Å². The normalized spacial score (nSPS) is 12.6. The summed E-state index contributed by atoms with van der Waals surface area (Å²) in [5, 5.41) is 6.08. The van der Waals surface area contributed by atoms with Crippen LogP contribution in [0.5, 0.6) is 5.75 Å². The van der Waals surface area contributed by atoms with Gasteiger partial charge in [-0.3, -0.25) is 0 Å². The van der Waals surface area contributed by atoms with Gasteiger partial charge in [-0.25, -0.2) is 4.98 Å². The van der Waals surface area contributed by atoms with Gasteiger partial charge in [0.05, 0.1) is 23.8 Å². The molecular weight excluding hydrogens is 346 g/mol. The molecule has 4 nitrogen and oxygen atoms in total. The lowest BCUT2D eigenvalue weighted by molar-refractivity contribution is 0.295. The summed E-state index contributed by atoms with van der Waals surface area (Å²) in [5.74, 6) is 0.859. The molecule has 0 amide bonds. The molecule has 4 heteroatoms. The van der Waals surface area contributed by atoms with Gasteiger partial charge in [-0.1, -0.05) is 26.0 Å². The summed E-state index contributed by atoms with van der Waals surface area (Å²) in [6.07, 6.45) is 2.33. The number of hydrogen-bond acceptors (Lipinski definition) is 4. The monoisotopic (exact) mass is 379 g/mol. The van der Waals surface area contributed by atoms with Crippen molar-refractivity contribution in [1.82, 2.24) is 9.88 Å². The summed E-state index contributed by atoms with van der Waals surface area (Å²) in [7, 11) is 1.71. The second kappa shape index (κ2) is 9.24. The van der Waals surface area contributed by atoms with Crippen LogP contribution >= 0.6 is 0 Å². The van der Waals surface area contributed by atoms with Crippen molar-refractivity contribution in [1.29, 1.82) is 0 Å². The summed E-state index contributed by atoms with van der Waals surface area (Å²) < 4.78 is 5.47. The Morgan fingerprint density at radius 1 is 1.04 bits per heavy atom. The Labute approximate surface area is 168 Å². The standard InChI is InChI=1S/C24H33N3O/c1-6-27(7-2)14-8-9-18(4)25-24-20-12-10-17(3)15-23(20)26-22-13-11-19(28-5)16-21(22)24/h10-13,15-16,18H,6-9,14H2,1-5H3,(H,25,26)/t18-/m0/s1. The van der Waals surface area contributed by atoms with E-state index in [0.717, 1.165) is 53.9 Å². The largest absolute Gasteiger partial charge is 0.497 e. The molecule has 2 aromatic carbocycles. The van der Waals surface area contributed by atoms with E-state index in [1.165, 1.54) is 17.4 Å². The van der Waals surface area contributed by atoms with Gasteiger partial charge >= 0.3 is 0 Å². The predicted octanol–water partition coefficient (Wildman–Crippen LogP) is 5.63. The van der Waals surface area contributed by atoms with E-state index >= 15 is 0 Å². The molecule has 3 rings (SSSR count). The number of rotatable bonds is 9. The number of hydrogen-bond donors (Lipinski definition) is 1. The summed E-state index contributed by atoms with van der Waals surface area (Å²) in [5.41, 5.74) is 4.42. The second-order valence-corrected chi connectivity index (χ2v) is 7.60. The van der Waals surface area contributed by atoms with Crippen molar-refractivity contribution in [3.8, 4) is 5.75 Å². The lowest BCUT2D eigenvalue weighted by atomic mass is 10.0. The highest BCUT2D eigenvalue weighted by molar-refractivity contribution is 6.08. The van der Waals surface area contributed by atoms with E-state index in [0.29, 0.717) is 6.04 Å². The molecule has 1 N–H and O–H groups in total. The van der Waals surface area contributed by atoms with Crippen molar-refractivity contribution in [2.45, 2.75) is 46.6 Å². The number of aryl methyl sites for hydroxylation is 1. The highest BCUT2D eigenvalue weighted by Gasteiger charge is 2.13. The summed E-state index contributed by atoms with van der Waals surface area (Å²) in [6, 6.07) is 13.0. The molecule has 0 radical (unpaired) electrons. The van der Waals surface area contributed by atoms with Crippen molar-refractivity contribution in [2.24, 2.45) is 0 Å². The SMILES string of the molecule is CCN(CC)CCC[C@H](C)Nc1c2ccc(C)cc2nc2ccc(OC)cc12. The maximum absolute atomic E-state index is 5.47. The lowest BCUT2D eigenvalue weighted by Gasteiger charge is -2.22. The molecule has 1 atom stereocenters. The maximum Gasteiger partial charge on any atom is 0.119 e. The Bertz CT molecular complexity index is 934. The third kappa shape index (κ3) is 4.56. The van der Waals surface area contributed by atoms with Crippen molar-refractivity contribution >= 4 is 27.5 Å². The molecule has 0 unspecified atom stereocenters. The van der Waals surface area contributed by atoms with Crippen LogP contribution in [0, 0.1) is 6.92 Å². The molecular formula is C24H33N3O. The Kier molecular flexibility index (Phi) is 6.74. The Morgan fingerprint density at radius 3 is 2.54 bits per heavy atom. The van der Waals surface area contributed by atoms with Crippen LogP contribution in [0.4, 0.5) is 5.69 Å². The van der Waals surface area contributed by atoms with Gasteiger partial charge in [0.2, 0.25) is 0 Å². The maximum atomic E-state index is 5.47. The van der Waals surface area contributed by atoms with Gasteiger partial charge in [0.15, 0.2) is 0 Å². The van der Waals surface area contributed by atoms with E-state index in [9.17, 15) is 0 Å². The van der Waals surface area contributed by atoms with E-state index < -0.39 is 0 Å². The van der Waals surface area contributed by atoms with Crippen LogP contribution in [-0.2, 0) is 0 Å². The highest BCUT2D eigenvalue weighted by Crippen LogP contribution is 2.34. The molecule has 0 aliphatic heterocycles.